The summed E-state index contributed by atoms with van der Waals surface area (Å²) in [7, 11) is 0. The molecule has 0 radical (unpaired) electrons. The van der Waals surface area contributed by atoms with Crippen molar-refractivity contribution in [2.75, 3.05) is 6.79 Å². The third kappa shape index (κ3) is 4.26. The molecule has 142 valence electrons. The Morgan fingerprint density at radius 3 is 2.48 bits per heavy atom. The second kappa shape index (κ2) is 8.03. The fourth-order valence-electron chi connectivity index (χ4n) is 3.55. The minimum absolute atomic E-state index is 0.121. The molecule has 1 heterocycles. The van der Waals surface area contributed by atoms with Gasteiger partial charge in [-0.15, -0.1) is 0 Å². The van der Waals surface area contributed by atoms with Gasteiger partial charge in [0, 0.05) is 18.2 Å². The average Bonchev–Trinajstić information content (AvgIpc) is 3.43. The molecule has 4 heteroatoms. The molecule has 0 bridgehead atoms. The van der Waals surface area contributed by atoms with Gasteiger partial charge >= 0.3 is 0 Å². The van der Waals surface area contributed by atoms with E-state index in [2.05, 4.69) is 19.1 Å². The fourth-order valence-corrected chi connectivity index (χ4v) is 3.55. The molecular weight excluding hydrogens is 338 g/mol. The van der Waals surface area contributed by atoms with Gasteiger partial charge in [-0.05, 0) is 61.1 Å². The number of aryl methyl sites for hydroxylation is 1. The van der Waals surface area contributed by atoms with Crippen LogP contribution in [0.25, 0.3) is 0 Å². The predicted molar refractivity (Wildman–Crippen MR) is 105 cm³/mol. The van der Waals surface area contributed by atoms with Gasteiger partial charge in [0.15, 0.2) is 11.5 Å². The van der Waals surface area contributed by atoms with Gasteiger partial charge in [-0.2, -0.15) is 0 Å². The standard InChI is InChI=1S/C23H27NO3/c1-2-3-4-5-17-6-9-19(10-7-17)23(25)24(20-11-12-20)15-18-8-13-21-22(14-18)27-16-26-21/h6-10,13-14,20H,2-5,11-12,15-16H2,1H3. The first kappa shape index (κ1) is 17.9. The summed E-state index contributed by atoms with van der Waals surface area (Å²) >= 11 is 0. The number of ether oxygens (including phenoxy) is 2. The van der Waals surface area contributed by atoms with Crippen molar-refractivity contribution in [3.63, 3.8) is 0 Å². The van der Waals surface area contributed by atoms with Crippen LogP contribution < -0.4 is 9.47 Å². The molecule has 1 aliphatic heterocycles. The maximum atomic E-state index is 13.1. The van der Waals surface area contributed by atoms with Crippen LogP contribution >= 0.6 is 0 Å². The highest BCUT2D eigenvalue weighted by molar-refractivity contribution is 5.94. The lowest BCUT2D eigenvalue weighted by atomic mass is 10.0. The van der Waals surface area contributed by atoms with Crippen LogP contribution in [0, 0.1) is 0 Å². The molecule has 4 rings (SSSR count). The molecule has 0 unspecified atom stereocenters. The number of carbonyl (C=O) groups excluding carboxylic acids is 1. The zero-order valence-corrected chi connectivity index (χ0v) is 15.9. The van der Waals surface area contributed by atoms with Crippen molar-refractivity contribution in [2.45, 2.75) is 58.0 Å². The van der Waals surface area contributed by atoms with E-state index in [1.54, 1.807) is 0 Å². The number of hydrogen-bond donors (Lipinski definition) is 0. The Kier molecular flexibility index (Phi) is 5.33. The summed E-state index contributed by atoms with van der Waals surface area (Å²) in [6.45, 7) is 3.10. The van der Waals surface area contributed by atoms with E-state index in [0.717, 1.165) is 41.9 Å². The van der Waals surface area contributed by atoms with Crippen LogP contribution in [0.3, 0.4) is 0 Å². The molecule has 0 saturated heterocycles. The van der Waals surface area contributed by atoms with E-state index in [1.165, 1.54) is 24.8 Å². The quantitative estimate of drug-likeness (QED) is 0.621. The van der Waals surface area contributed by atoms with Crippen LogP contribution in [0.15, 0.2) is 42.5 Å². The Labute approximate surface area is 161 Å². The Bertz CT molecular complexity index is 796. The number of hydrogen-bond acceptors (Lipinski definition) is 3. The van der Waals surface area contributed by atoms with Crippen LogP contribution in [0.2, 0.25) is 0 Å². The van der Waals surface area contributed by atoms with Gasteiger partial charge < -0.3 is 14.4 Å². The Balaban J connectivity index is 1.45. The summed E-state index contributed by atoms with van der Waals surface area (Å²) in [6.07, 6.45) is 6.96. The zero-order chi connectivity index (χ0) is 18.6. The topological polar surface area (TPSA) is 38.8 Å². The Morgan fingerprint density at radius 2 is 1.74 bits per heavy atom. The maximum Gasteiger partial charge on any atom is 0.254 e. The number of benzene rings is 2. The molecule has 2 aromatic carbocycles. The van der Waals surface area contributed by atoms with Crippen LogP contribution in [0.4, 0.5) is 0 Å². The highest BCUT2D eigenvalue weighted by atomic mass is 16.7. The van der Waals surface area contributed by atoms with Crippen molar-refractivity contribution in [1.82, 2.24) is 4.90 Å². The van der Waals surface area contributed by atoms with Crippen LogP contribution in [-0.2, 0) is 13.0 Å². The highest BCUT2D eigenvalue weighted by Gasteiger charge is 2.33. The second-order valence-corrected chi connectivity index (χ2v) is 7.51. The Morgan fingerprint density at radius 1 is 1.00 bits per heavy atom. The van der Waals surface area contributed by atoms with E-state index in [4.69, 9.17) is 9.47 Å². The van der Waals surface area contributed by atoms with Crippen molar-refractivity contribution < 1.29 is 14.3 Å². The molecule has 27 heavy (non-hydrogen) atoms. The third-order valence-corrected chi connectivity index (χ3v) is 5.31. The third-order valence-electron chi connectivity index (χ3n) is 5.31. The lowest BCUT2D eigenvalue weighted by molar-refractivity contribution is 0.0729. The van der Waals surface area contributed by atoms with Crippen molar-refractivity contribution in [2.24, 2.45) is 0 Å². The molecule has 0 N–H and O–H groups in total. The first-order valence-electron chi connectivity index (χ1n) is 10.0. The molecule has 1 fully saturated rings. The van der Waals surface area contributed by atoms with Crippen LogP contribution in [0.1, 0.15) is 60.5 Å². The number of amides is 1. The monoisotopic (exact) mass is 365 g/mol. The first-order chi connectivity index (χ1) is 13.2. The fraction of sp³-hybridized carbons (Fsp3) is 0.435. The Hall–Kier alpha value is -2.49. The van der Waals surface area contributed by atoms with Gasteiger partial charge in [-0.3, -0.25) is 4.79 Å². The van der Waals surface area contributed by atoms with Crippen LogP contribution in [0.5, 0.6) is 11.5 Å². The lowest BCUT2D eigenvalue weighted by Crippen LogP contribution is -2.32. The van der Waals surface area contributed by atoms with E-state index in [-0.39, 0.29) is 12.7 Å². The van der Waals surface area contributed by atoms with Gasteiger partial charge in [-0.1, -0.05) is 38.0 Å². The van der Waals surface area contributed by atoms with Gasteiger partial charge in [0.2, 0.25) is 6.79 Å². The summed E-state index contributed by atoms with van der Waals surface area (Å²) in [5, 5.41) is 0. The van der Waals surface area contributed by atoms with Crippen molar-refractivity contribution in [1.29, 1.82) is 0 Å². The van der Waals surface area contributed by atoms with E-state index in [0.29, 0.717) is 12.6 Å². The van der Waals surface area contributed by atoms with Gasteiger partial charge in [-0.25, -0.2) is 0 Å². The summed E-state index contributed by atoms with van der Waals surface area (Å²) in [4.78, 5) is 15.1. The molecule has 0 spiro atoms. The summed E-state index contributed by atoms with van der Waals surface area (Å²) in [6, 6.07) is 14.5. The van der Waals surface area contributed by atoms with Gasteiger partial charge in [0.25, 0.3) is 5.91 Å². The number of unbranched alkanes of at least 4 members (excludes halogenated alkanes) is 2. The zero-order valence-electron chi connectivity index (χ0n) is 15.9. The molecule has 1 saturated carbocycles. The van der Waals surface area contributed by atoms with E-state index >= 15 is 0 Å². The van der Waals surface area contributed by atoms with Crippen molar-refractivity contribution >= 4 is 5.91 Å². The normalized spacial score (nSPS) is 15.0. The van der Waals surface area contributed by atoms with E-state index in [1.807, 2.05) is 35.2 Å². The number of carbonyl (C=O) groups is 1. The molecule has 4 nitrogen and oxygen atoms in total. The minimum Gasteiger partial charge on any atom is -0.454 e. The number of nitrogens with zero attached hydrogens (tertiary/aromatic N) is 1. The van der Waals surface area contributed by atoms with E-state index in [9.17, 15) is 4.79 Å². The number of rotatable bonds is 8. The molecule has 1 amide bonds. The lowest BCUT2D eigenvalue weighted by Gasteiger charge is -2.23. The van der Waals surface area contributed by atoms with Gasteiger partial charge in [0.05, 0.1) is 0 Å². The first-order valence-corrected chi connectivity index (χ1v) is 10.0. The van der Waals surface area contributed by atoms with Crippen LogP contribution in [-0.4, -0.2) is 23.6 Å². The summed E-state index contributed by atoms with van der Waals surface area (Å²) in [5.41, 5.74) is 3.17. The SMILES string of the molecule is CCCCCc1ccc(C(=O)N(Cc2ccc3c(c2)OCO3)C2CC2)cc1. The average molecular weight is 365 g/mol. The number of fused-ring (bicyclic) bond motifs is 1. The largest absolute Gasteiger partial charge is 0.454 e. The highest BCUT2D eigenvalue weighted by Crippen LogP contribution is 2.35. The minimum atomic E-state index is 0.121. The molecule has 0 aromatic heterocycles. The molecule has 2 aromatic rings. The summed E-state index contributed by atoms with van der Waals surface area (Å²) in [5.74, 6) is 1.67. The molecule has 2 aliphatic rings. The second-order valence-electron chi connectivity index (χ2n) is 7.51. The summed E-state index contributed by atoms with van der Waals surface area (Å²) < 4.78 is 10.8. The van der Waals surface area contributed by atoms with E-state index < -0.39 is 0 Å². The smallest absolute Gasteiger partial charge is 0.254 e. The molecule has 1 aliphatic carbocycles. The van der Waals surface area contributed by atoms with Gasteiger partial charge in [0.1, 0.15) is 0 Å². The van der Waals surface area contributed by atoms with Crippen molar-refractivity contribution in [3.05, 3.63) is 59.2 Å². The van der Waals surface area contributed by atoms with Crippen molar-refractivity contribution in [3.8, 4) is 11.5 Å². The molecule has 0 atom stereocenters. The predicted octanol–water partition coefficient (Wildman–Crippen LogP) is 4.95. The maximum absolute atomic E-state index is 13.1. The molecular formula is C23H27NO3.